The molecule has 11 heteroatoms. The van der Waals surface area contributed by atoms with Crippen LogP contribution in [0.15, 0.2) is 0 Å². The Kier molecular flexibility index (Phi) is 5.38. The highest BCUT2D eigenvalue weighted by Crippen LogP contribution is 2.45. The van der Waals surface area contributed by atoms with E-state index < -0.39 is 43.3 Å². The molecule has 120 valence electrons. The molecular formula is C9H11F8NO2. The lowest BCUT2D eigenvalue weighted by Gasteiger charge is -2.31. The third kappa shape index (κ3) is 4.46. The highest BCUT2D eigenvalue weighted by Gasteiger charge is 2.67. The smallest absolute Gasteiger partial charge is 0.356 e. The van der Waals surface area contributed by atoms with Crippen molar-refractivity contribution in [3.63, 3.8) is 0 Å². The molecule has 0 radical (unpaired) electrons. The highest BCUT2D eigenvalue weighted by atomic mass is 19.3. The predicted molar refractivity (Wildman–Crippen MR) is 49.8 cm³/mol. The molecular weight excluding hydrogens is 306 g/mol. The van der Waals surface area contributed by atoms with E-state index >= 15 is 0 Å². The molecule has 1 N–H and O–H groups in total. The lowest BCUT2D eigenvalue weighted by molar-refractivity contribution is -0.464. The molecule has 0 rings (SSSR count). The Labute approximate surface area is 108 Å². The summed E-state index contributed by atoms with van der Waals surface area (Å²) < 4.78 is 104. The molecule has 0 fully saturated rings. The SMILES string of the molecule is CCNC(=O)CC(F)(F)C(F)(F)OC(F)(F)C(C)(F)F. The molecule has 0 aliphatic carbocycles. The average Bonchev–Trinajstić information content (AvgIpc) is 2.12. The summed E-state index contributed by atoms with van der Waals surface area (Å²) in [5, 5.41) is 1.72. The van der Waals surface area contributed by atoms with Crippen molar-refractivity contribution in [3.05, 3.63) is 0 Å². The van der Waals surface area contributed by atoms with Gasteiger partial charge in [0.2, 0.25) is 5.91 Å². The van der Waals surface area contributed by atoms with Crippen molar-refractivity contribution in [3.8, 4) is 0 Å². The summed E-state index contributed by atoms with van der Waals surface area (Å²) in [4.78, 5) is 10.8. The van der Waals surface area contributed by atoms with E-state index in [1.807, 2.05) is 0 Å². The van der Waals surface area contributed by atoms with Crippen LogP contribution in [-0.4, -0.2) is 36.5 Å². The lowest BCUT2D eigenvalue weighted by Crippen LogP contribution is -2.53. The van der Waals surface area contributed by atoms with Crippen LogP contribution < -0.4 is 5.32 Å². The van der Waals surface area contributed by atoms with Gasteiger partial charge in [-0.25, -0.2) is 4.74 Å². The monoisotopic (exact) mass is 317 g/mol. The Morgan fingerprint density at radius 2 is 1.45 bits per heavy atom. The topological polar surface area (TPSA) is 38.3 Å². The van der Waals surface area contributed by atoms with E-state index in [2.05, 4.69) is 4.74 Å². The van der Waals surface area contributed by atoms with Crippen LogP contribution in [0.25, 0.3) is 0 Å². The molecule has 0 bridgehead atoms. The van der Waals surface area contributed by atoms with Crippen LogP contribution in [0.1, 0.15) is 20.3 Å². The summed E-state index contributed by atoms with van der Waals surface area (Å²) in [6.07, 6.45) is -14.0. The first kappa shape index (κ1) is 18.9. The van der Waals surface area contributed by atoms with Crippen LogP contribution in [0.2, 0.25) is 0 Å². The van der Waals surface area contributed by atoms with E-state index in [0.29, 0.717) is 0 Å². The molecule has 0 aromatic heterocycles. The minimum absolute atomic E-state index is 0.176. The van der Waals surface area contributed by atoms with Gasteiger partial charge in [0.15, 0.2) is 0 Å². The maximum Gasteiger partial charge on any atom is 0.424 e. The van der Waals surface area contributed by atoms with Crippen molar-refractivity contribution in [2.45, 2.75) is 44.3 Å². The summed E-state index contributed by atoms with van der Waals surface area (Å²) in [6, 6.07) is 0. The van der Waals surface area contributed by atoms with Gasteiger partial charge in [0, 0.05) is 13.5 Å². The highest BCUT2D eigenvalue weighted by molar-refractivity contribution is 5.76. The van der Waals surface area contributed by atoms with E-state index in [4.69, 9.17) is 0 Å². The second kappa shape index (κ2) is 5.70. The van der Waals surface area contributed by atoms with Crippen LogP contribution in [0.3, 0.4) is 0 Å². The van der Waals surface area contributed by atoms with Crippen molar-refractivity contribution in [1.82, 2.24) is 5.32 Å². The quantitative estimate of drug-likeness (QED) is 0.733. The molecule has 0 saturated heterocycles. The number of rotatable bonds is 7. The van der Waals surface area contributed by atoms with E-state index in [1.165, 1.54) is 6.92 Å². The van der Waals surface area contributed by atoms with Gasteiger partial charge in [-0.05, 0) is 6.92 Å². The third-order valence-electron chi connectivity index (χ3n) is 1.95. The number of carbonyl (C=O) groups excluding carboxylic acids is 1. The molecule has 20 heavy (non-hydrogen) atoms. The van der Waals surface area contributed by atoms with Gasteiger partial charge >= 0.3 is 24.1 Å². The van der Waals surface area contributed by atoms with Gasteiger partial charge in [-0.3, -0.25) is 4.79 Å². The molecule has 0 atom stereocenters. The molecule has 0 aromatic rings. The molecule has 0 aliphatic rings. The van der Waals surface area contributed by atoms with Crippen LogP contribution in [0.4, 0.5) is 35.1 Å². The van der Waals surface area contributed by atoms with E-state index in [0.717, 1.165) is 0 Å². The fraction of sp³-hybridized carbons (Fsp3) is 0.889. The van der Waals surface area contributed by atoms with Gasteiger partial charge in [-0.15, -0.1) is 0 Å². The second-order valence-corrected chi connectivity index (χ2v) is 3.86. The number of hydrogen-bond acceptors (Lipinski definition) is 2. The fourth-order valence-electron chi connectivity index (χ4n) is 0.889. The minimum Gasteiger partial charge on any atom is -0.356 e. The fourth-order valence-corrected chi connectivity index (χ4v) is 0.889. The van der Waals surface area contributed by atoms with Crippen molar-refractivity contribution in [1.29, 1.82) is 0 Å². The zero-order chi connectivity index (χ0) is 16.4. The van der Waals surface area contributed by atoms with Crippen molar-refractivity contribution < 1.29 is 44.7 Å². The first-order valence-electron chi connectivity index (χ1n) is 5.14. The number of hydrogen-bond donors (Lipinski definition) is 1. The predicted octanol–water partition coefficient (Wildman–Crippen LogP) is 3.01. The number of alkyl halides is 8. The molecule has 0 aromatic carbocycles. The van der Waals surface area contributed by atoms with E-state index in [9.17, 15) is 39.9 Å². The summed E-state index contributed by atoms with van der Waals surface area (Å²) in [5.74, 6) is -12.1. The Bertz CT molecular complexity index is 352. The standard InChI is InChI=1S/C9H11F8NO2/c1-3-18-5(19)4-7(12,13)9(16,17)20-8(14,15)6(2,10)11/h3-4H2,1-2H3,(H,18,19). The Hall–Kier alpha value is -1.13. The molecule has 0 heterocycles. The van der Waals surface area contributed by atoms with Gasteiger partial charge in [-0.2, -0.15) is 35.1 Å². The summed E-state index contributed by atoms with van der Waals surface area (Å²) in [6.45, 7) is 0.631. The van der Waals surface area contributed by atoms with Crippen LogP contribution in [0, 0.1) is 0 Å². The van der Waals surface area contributed by atoms with Crippen LogP contribution >= 0.6 is 0 Å². The average molecular weight is 317 g/mol. The largest absolute Gasteiger partial charge is 0.424 e. The summed E-state index contributed by atoms with van der Waals surface area (Å²) >= 11 is 0. The number of halogens is 8. The molecule has 0 unspecified atom stereocenters. The Balaban J connectivity index is 5.07. The number of ether oxygens (including phenoxy) is 1. The minimum atomic E-state index is -5.96. The zero-order valence-corrected chi connectivity index (χ0v) is 10.3. The summed E-state index contributed by atoms with van der Waals surface area (Å²) in [7, 11) is 0. The van der Waals surface area contributed by atoms with Crippen LogP contribution in [-0.2, 0) is 9.53 Å². The van der Waals surface area contributed by atoms with Gasteiger partial charge in [-0.1, -0.05) is 0 Å². The molecule has 0 saturated carbocycles. The van der Waals surface area contributed by atoms with Crippen molar-refractivity contribution in [2.24, 2.45) is 0 Å². The van der Waals surface area contributed by atoms with E-state index in [1.54, 1.807) is 5.32 Å². The number of nitrogens with one attached hydrogen (secondary N) is 1. The molecule has 1 amide bonds. The summed E-state index contributed by atoms with van der Waals surface area (Å²) in [5.41, 5.74) is 0. The first-order chi connectivity index (χ1) is 8.66. The molecule has 0 spiro atoms. The van der Waals surface area contributed by atoms with Gasteiger partial charge in [0.05, 0.1) is 6.42 Å². The Morgan fingerprint density at radius 3 is 1.80 bits per heavy atom. The molecule has 0 aliphatic heterocycles. The third-order valence-corrected chi connectivity index (χ3v) is 1.95. The van der Waals surface area contributed by atoms with Gasteiger partial charge in [0.1, 0.15) is 0 Å². The molecule has 3 nitrogen and oxygen atoms in total. The lowest BCUT2D eigenvalue weighted by atomic mass is 10.2. The first-order valence-corrected chi connectivity index (χ1v) is 5.14. The van der Waals surface area contributed by atoms with Gasteiger partial charge in [0.25, 0.3) is 0 Å². The zero-order valence-electron chi connectivity index (χ0n) is 10.3. The van der Waals surface area contributed by atoms with Crippen molar-refractivity contribution >= 4 is 5.91 Å². The normalized spacial score (nSPS) is 14.3. The second-order valence-electron chi connectivity index (χ2n) is 3.86. The van der Waals surface area contributed by atoms with Crippen LogP contribution in [0.5, 0.6) is 0 Å². The Morgan fingerprint density at radius 1 is 1.00 bits per heavy atom. The maximum absolute atomic E-state index is 13.0. The maximum atomic E-state index is 13.0. The van der Waals surface area contributed by atoms with Crippen molar-refractivity contribution in [2.75, 3.05) is 6.54 Å². The van der Waals surface area contributed by atoms with E-state index in [-0.39, 0.29) is 6.54 Å². The van der Waals surface area contributed by atoms with Gasteiger partial charge < -0.3 is 5.32 Å². The number of carbonyl (C=O) groups is 1. The number of amides is 1.